The molecule has 1 saturated carbocycles. The van der Waals surface area contributed by atoms with Crippen LogP contribution in [0, 0.1) is 0 Å². The van der Waals surface area contributed by atoms with Crippen molar-refractivity contribution >= 4 is 38.2 Å². The Bertz CT molecular complexity index is 1520. The van der Waals surface area contributed by atoms with Gasteiger partial charge in [0.25, 0.3) is 0 Å². The lowest BCUT2D eigenvalue weighted by molar-refractivity contribution is 0.0235. The fourth-order valence-electron chi connectivity index (χ4n) is 4.79. The molecule has 2 aliphatic rings. The van der Waals surface area contributed by atoms with Crippen molar-refractivity contribution in [1.82, 2.24) is 15.0 Å². The van der Waals surface area contributed by atoms with E-state index in [0.717, 1.165) is 10.9 Å². The van der Waals surface area contributed by atoms with E-state index in [1.807, 2.05) is 33.8 Å². The van der Waals surface area contributed by atoms with Crippen molar-refractivity contribution in [1.29, 1.82) is 0 Å². The molecule has 0 spiro atoms. The lowest BCUT2D eigenvalue weighted by Gasteiger charge is -2.34. The fourth-order valence-corrected chi connectivity index (χ4v) is 5.92. The number of aromatic nitrogens is 3. The van der Waals surface area contributed by atoms with Crippen molar-refractivity contribution in [3.05, 3.63) is 47.4 Å². The quantitative estimate of drug-likeness (QED) is 0.423. The molecule has 0 aromatic carbocycles. The summed E-state index contributed by atoms with van der Waals surface area (Å²) in [7, 11) is -3.08. The average Bonchev–Trinajstić information content (AvgIpc) is 2.83. The van der Waals surface area contributed by atoms with E-state index in [9.17, 15) is 13.2 Å². The van der Waals surface area contributed by atoms with Crippen LogP contribution in [0.5, 0.6) is 5.88 Å². The SMILES string of the molecule is CCC(C)(N)c1cnc(OC2CC(S(C)(=O)=O)C2)c2cnc(Nc3ccc4c(n3)[C@@H](C)[C@H](C)OC4=O)cc12. The lowest BCUT2D eigenvalue weighted by atomic mass is 9.88. The third kappa shape index (κ3) is 4.80. The summed E-state index contributed by atoms with van der Waals surface area (Å²) in [6.45, 7) is 7.80. The maximum absolute atomic E-state index is 12.3. The molecular formula is C27H33N5O5S. The van der Waals surface area contributed by atoms with Gasteiger partial charge in [0.05, 0.1) is 21.9 Å². The van der Waals surface area contributed by atoms with E-state index in [4.69, 9.17) is 20.2 Å². The molecule has 0 radical (unpaired) electrons. The molecule has 1 aliphatic carbocycles. The summed E-state index contributed by atoms with van der Waals surface area (Å²) in [6.07, 6.45) is 5.75. The third-order valence-corrected chi connectivity index (χ3v) is 9.45. The zero-order valence-electron chi connectivity index (χ0n) is 22.2. The molecule has 10 nitrogen and oxygen atoms in total. The Morgan fingerprint density at radius 2 is 1.89 bits per heavy atom. The summed E-state index contributed by atoms with van der Waals surface area (Å²) in [6, 6.07) is 5.33. The summed E-state index contributed by atoms with van der Waals surface area (Å²) < 4.78 is 35.1. The number of hydrogen-bond acceptors (Lipinski definition) is 10. The summed E-state index contributed by atoms with van der Waals surface area (Å²) in [5, 5.41) is 4.41. The number of nitrogens with one attached hydrogen (secondary N) is 1. The van der Waals surface area contributed by atoms with Crippen LogP contribution < -0.4 is 15.8 Å². The molecule has 3 atom stereocenters. The molecule has 0 bridgehead atoms. The lowest BCUT2D eigenvalue weighted by Crippen LogP contribution is -2.42. The van der Waals surface area contributed by atoms with Crippen LogP contribution in [0.4, 0.5) is 11.6 Å². The Balaban J connectivity index is 1.48. The van der Waals surface area contributed by atoms with E-state index >= 15 is 0 Å². The van der Waals surface area contributed by atoms with Crippen molar-refractivity contribution in [2.45, 2.75) is 75.9 Å². The van der Waals surface area contributed by atoms with Crippen LogP contribution in [0.15, 0.2) is 30.6 Å². The van der Waals surface area contributed by atoms with Gasteiger partial charge in [-0.05, 0) is 49.4 Å². The molecule has 11 heteroatoms. The molecule has 3 N–H and O–H groups in total. The van der Waals surface area contributed by atoms with Gasteiger partial charge in [-0.2, -0.15) is 0 Å². The minimum Gasteiger partial charge on any atom is -0.474 e. The van der Waals surface area contributed by atoms with Crippen molar-refractivity contribution in [2.75, 3.05) is 11.6 Å². The first-order chi connectivity index (χ1) is 17.9. The van der Waals surface area contributed by atoms with Gasteiger partial charge in [-0.3, -0.25) is 0 Å². The second kappa shape index (κ2) is 9.46. The molecule has 0 saturated heterocycles. The predicted octanol–water partition coefficient (Wildman–Crippen LogP) is 3.97. The van der Waals surface area contributed by atoms with E-state index in [-0.39, 0.29) is 29.3 Å². The first kappa shape index (κ1) is 26.3. The molecular weight excluding hydrogens is 506 g/mol. The number of pyridine rings is 3. The topological polar surface area (TPSA) is 146 Å². The Hall–Kier alpha value is -3.31. The van der Waals surface area contributed by atoms with Gasteiger partial charge in [0, 0.05) is 42.9 Å². The number of hydrogen-bond donors (Lipinski definition) is 2. The molecule has 3 aromatic rings. The molecule has 1 unspecified atom stereocenters. The number of fused-ring (bicyclic) bond motifs is 2. The minimum atomic E-state index is -3.08. The molecule has 0 amide bonds. The molecule has 3 aromatic heterocycles. The summed E-state index contributed by atoms with van der Waals surface area (Å²) >= 11 is 0. The smallest absolute Gasteiger partial charge is 0.340 e. The van der Waals surface area contributed by atoms with Gasteiger partial charge >= 0.3 is 5.97 Å². The average molecular weight is 540 g/mol. The number of cyclic esters (lactones) is 1. The van der Waals surface area contributed by atoms with Crippen molar-refractivity contribution in [3.63, 3.8) is 0 Å². The van der Waals surface area contributed by atoms with Gasteiger partial charge in [0.1, 0.15) is 23.8 Å². The largest absolute Gasteiger partial charge is 0.474 e. The van der Waals surface area contributed by atoms with Gasteiger partial charge in [0.2, 0.25) is 5.88 Å². The summed E-state index contributed by atoms with van der Waals surface area (Å²) in [5.41, 5.74) is 8.00. The summed E-state index contributed by atoms with van der Waals surface area (Å²) in [4.78, 5) is 26.1. The maximum atomic E-state index is 12.3. The van der Waals surface area contributed by atoms with E-state index in [0.29, 0.717) is 53.4 Å². The van der Waals surface area contributed by atoms with Crippen LogP contribution in [-0.2, 0) is 20.1 Å². The highest BCUT2D eigenvalue weighted by molar-refractivity contribution is 7.91. The Morgan fingerprint density at radius 3 is 2.58 bits per heavy atom. The monoisotopic (exact) mass is 539 g/mol. The number of esters is 1. The molecule has 202 valence electrons. The van der Waals surface area contributed by atoms with Gasteiger partial charge in [-0.25, -0.2) is 28.2 Å². The second-order valence-corrected chi connectivity index (χ2v) is 13.0. The van der Waals surface area contributed by atoms with Crippen LogP contribution in [0.3, 0.4) is 0 Å². The van der Waals surface area contributed by atoms with Crippen molar-refractivity contribution in [3.8, 4) is 5.88 Å². The van der Waals surface area contributed by atoms with E-state index in [1.165, 1.54) is 6.26 Å². The second-order valence-electron chi connectivity index (χ2n) is 10.7. The summed E-state index contributed by atoms with van der Waals surface area (Å²) in [5.74, 6) is 1.11. The molecule has 5 rings (SSSR count). The molecule has 1 aliphatic heterocycles. The highest BCUT2D eigenvalue weighted by Crippen LogP contribution is 2.37. The highest BCUT2D eigenvalue weighted by Gasteiger charge is 2.38. The number of carbonyl (C=O) groups excluding carboxylic acids is 1. The third-order valence-electron chi connectivity index (χ3n) is 7.85. The van der Waals surface area contributed by atoms with Crippen LogP contribution in [0.25, 0.3) is 10.8 Å². The Kier molecular flexibility index (Phi) is 6.55. The zero-order valence-corrected chi connectivity index (χ0v) is 23.0. The zero-order chi connectivity index (χ0) is 27.4. The Labute approximate surface area is 222 Å². The van der Waals surface area contributed by atoms with Crippen molar-refractivity contribution in [2.24, 2.45) is 5.73 Å². The number of rotatable bonds is 7. The maximum Gasteiger partial charge on any atom is 0.340 e. The van der Waals surface area contributed by atoms with Crippen LogP contribution in [0.2, 0.25) is 0 Å². The first-order valence-electron chi connectivity index (χ1n) is 12.8. The Morgan fingerprint density at radius 1 is 1.16 bits per heavy atom. The predicted molar refractivity (Wildman–Crippen MR) is 144 cm³/mol. The highest BCUT2D eigenvalue weighted by atomic mass is 32.2. The molecule has 38 heavy (non-hydrogen) atoms. The van der Waals surface area contributed by atoms with E-state index in [2.05, 4.69) is 15.3 Å². The first-order valence-corrected chi connectivity index (χ1v) is 14.8. The van der Waals surface area contributed by atoms with Crippen LogP contribution in [-0.4, -0.2) is 53.1 Å². The van der Waals surface area contributed by atoms with E-state index < -0.39 is 15.4 Å². The van der Waals surface area contributed by atoms with Gasteiger partial charge in [-0.1, -0.05) is 13.8 Å². The molecule has 4 heterocycles. The standard InChI is InChI=1S/C27H33N5O5S/c1-6-27(4,28)21-13-30-25(37-16-9-17(10-16)38(5,34)35)20-12-29-23(11-19(20)21)31-22-8-7-18-24(32-22)14(2)15(3)36-26(18)33/h7-8,11-17H,6,9-10,28H2,1-5H3,(H,29,31,32)/t14-,15-,16?,17?,27?/m0/s1. The number of nitrogens with zero attached hydrogens (tertiary/aromatic N) is 3. The number of ether oxygens (including phenoxy) is 2. The number of anilines is 2. The molecule has 1 fully saturated rings. The number of nitrogens with two attached hydrogens (primary N) is 1. The fraction of sp³-hybridized carbons (Fsp3) is 0.481. The van der Waals surface area contributed by atoms with E-state index in [1.54, 1.807) is 24.5 Å². The normalized spacial score (nSPS) is 24.6. The minimum absolute atomic E-state index is 0.0392. The number of sulfone groups is 1. The van der Waals surface area contributed by atoms with Gasteiger partial charge in [0.15, 0.2) is 9.84 Å². The van der Waals surface area contributed by atoms with Crippen molar-refractivity contribution < 1.29 is 22.7 Å². The van der Waals surface area contributed by atoms with Gasteiger partial charge < -0.3 is 20.5 Å². The van der Waals surface area contributed by atoms with Crippen LogP contribution in [0.1, 0.15) is 74.5 Å². The number of carbonyl (C=O) groups is 1. The van der Waals surface area contributed by atoms with Crippen LogP contribution >= 0.6 is 0 Å². The van der Waals surface area contributed by atoms with Gasteiger partial charge in [-0.15, -0.1) is 0 Å².